The quantitative estimate of drug-likeness (QED) is 0.730. The highest BCUT2D eigenvalue weighted by Gasteiger charge is 2.28. The van der Waals surface area contributed by atoms with E-state index in [0.29, 0.717) is 11.0 Å². The van der Waals surface area contributed by atoms with E-state index in [0.717, 1.165) is 5.92 Å². The SMILES string of the molecule is CC1CCCCC1N(C)C(C)C(N)=S. The smallest absolute Gasteiger partial charge is 0.0899 e. The molecule has 82 valence electrons. The third kappa shape index (κ3) is 2.67. The zero-order valence-corrected chi connectivity index (χ0v) is 10.3. The molecule has 2 nitrogen and oxygen atoms in total. The Kier molecular flexibility index (Phi) is 4.32. The third-order valence-electron chi connectivity index (χ3n) is 3.61. The number of nitrogens with zero attached hydrogens (tertiary/aromatic N) is 1. The maximum Gasteiger partial charge on any atom is 0.0899 e. The van der Waals surface area contributed by atoms with Crippen molar-refractivity contribution in [3.63, 3.8) is 0 Å². The second-order valence-electron chi connectivity index (χ2n) is 4.57. The van der Waals surface area contributed by atoms with E-state index in [1.54, 1.807) is 0 Å². The molecule has 0 saturated heterocycles. The molecular weight excluding hydrogens is 192 g/mol. The Morgan fingerprint density at radius 3 is 2.50 bits per heavy atom. The Bertz CT molecular complexity index is 205. The third-order valence-corrected chi connectivity index (χ3v) is 3.95. The molecular formula is C11H22N2S. The first kappa shape index (κ1) is 11.9. The van der Waals surface area contributed by atoms with Crippen LogP contribution < -0.4 is 5.73 Å². The van der Waals surface area contributed by atoms with E-state index >= 15 is 0 Å². The minimum Gasteiger partial charge on any atom is -0.392 e. The van der Waals surface area contributed by atoms with Crippen LogP contribution >= 0.6 is 12.2 Å². The molecule has 2 N–H and O–H groups in total. The molecule has 0 aliphatic heterocycles. The van der Waals surface area contributed by atoms with Crippen LogP contribution in [0, 0.1) is 5.92 Å². The molecule has 3 atom stereocenters. The van der Waals surface area contributed by atoms with E-state index in [1.807, 2.05) is 0 Å². The summed E-state index contributed by atoms with van der Waals surface area (Å²) in [4.78, 5) is 2.97. The van der Waals surface area contributed by atoms with E-state index in [9.17, 15) is 0 Å². The van der Waals surface area contributed by atoms with Gasteiger partial charge in [-0.2, -0.15) is 0 Å². The minimum absolute atomic E-state index is 0.232. The predicted molar refractivity (Wildman–Crippen MR) is 65.4 cm³/mol. The van der Waals surface area contributed by atoms with E-state index in [2.05, 4.69) is 25.8 Å². The Labute approximate surface area is 92.8 Å². The maximum absolute atomic E-state index is 5.68. The topological polar surface area (TPSA) is 29.3 Å². The van der Waals surface area contributed by atoms with Gasteiger partial charge in [-0.05, 0) is 32.7 Å². The largest absolute Gasteiger partial charge is 0.392 e. The van der Waals surface area contributed by atoms with Crippen LogP contribution in [0.25, 0.3) is 0 Å². The van der Waals surface area contributed by atoms with Gasteiger partial charge >= 0.3 is 0 Å². The van der Waals surface area contributed by atoms with Crippen molar-refractivity contribution in [3.05, 3.63) is 0 Å². The van der Waals surface area contributed by atoms with Crippen molar-refractivity contribution in [2.24, 2.45) is 11.7 Å². The molecule has 3 heteroatoms. The van der Waals surface area contributed by atoms with Gasteiger partial charge in [0, 0.05) is 6.04 Å². The number of nitrogens with two attached hydrogens (primary N) is 1. The predicted octanol–water partition coefficient (Wildman–Crippen LogP) is 2.17. The van der Waals surface area contributed by atoms with Gasteiger partial charge in [-0.3, -0.25) is 4.90 Å². The normalized spacial score (nSPS) is 30.3. The molecule has 0 spiro atoms. The van der Waals surface area contributed by atoms with Gasteiger partial charge in [0.25, 0.3) is 0 Å². The summed E-state index contributed by atoms with van der Waals surface area (Å²) in [5.41, 5.74) is 5.68. The molecule has 0 amide bonds. The first-order chi connectivity index (χ1) is 6.54. The van der Waals surface area contributed by atoms with Crippen LogP contribution in [0.5, 0.6) is 0 Å². The van der Waals surface area contributed by atoms with Gasteiger partial charge in [0.2, 0.25) is 0 Å². The molecule has 1 saturated carbocycles. The second kappa shape index (κ2) is 5.08. The van der Waals surface area contributed by atoms with E-state index in [-0.39, 0.29) is 6.04 Å². The molecule has 0 radical (unpaired) electrons. The Hall–Kier alpha value is -0.150. The zero-order chi connectivity index (χ0) is 10.7. The van der Waals surface area contributed by atoms with Crippen molar-refractivity contribution >= 4 is 17.2 Å². The number of hydrogen-bond donors (Lipinski definition) is 1. The summed E-state index contributed by atoms with van der Waals surface area (Å²) in [6.45, 7) is 4.44. The summed E-state index contributed by atoms with van der Waals surface area (Å²) in [5, 5.41) is 0. The van der Waals surface area contributed by atoms with Crippen molar-refractivity contribution in [1.29, 1.82) is 0 Å². The summed E-state index contributed by atoms with van der Waals surface area (Å²) in [6, 6.07) is 0.899. The van der Waals surface area contributed by atoms with Crippen molar-refractivity contribution < 1.29 is 0 Å². The highest BCUT2D eigenvalue weighted by molar-refractivity contribution is 7.80. The van der Waals surface area contributed by atoms with Crippen molar-refractivity contribution in [2.45, 2.75) is 51.6 Å². The first-order valence-electron chi connectivity index (χ1n) is 5.55. The van der Waals surface area contributed by atoms with Crippen LogP contribution in [-0.2, 0) is 0 Å². The average Bonchev–Trinajstić information content (AvgIpc) is 2.16. The zero-order valence-electron chi connectivity index (χ0n) is 9.49. The summed E-state index contributed by atoms with van der Waals surface area (Å²) >= 11 is 5.04. The molecule has 1 fully saturated rings. The van der Waals surface area contributed by atoms with Crippen molar-refractivity contribution in [3.8, 4) is 0 Å². The first-order valence-corrected chi connectivity index (χ1v) is 5.96. The van der Waals surface area contributed by atoms with Gasteiger partial charge in [0.05, 0.1) is 11.0 Å². The molecule has 0 aromatic carbocycles. The standard InChI is InChI=1S/C11H22N2S/c1-8-6-4-5-7-10(8)13(3)9(2)11(12)14/h8-10H,4-7H2,1-3H3,(H2,12,14). The highest BCUT2D eigenvalue weighted by atomic mass is 32.1. The van der Waals surface area contributed by atoms with E-state index in [1.165, 1.54) is 25.7 Å². The summed E-state index contributed by atoms with van der Waals surface area (Å²) < 4.78 is 0. The number of likely N-dealkylation sites (N-methyl/N-ethyl adjacent to an activating group) is 1. The van der Waals surface area contributed by atoms with Crippen LogP contribution in [-0.4, -0.2) is 29.0 Å². The molecule has 14 heavy (non-hydrogen) atoms. The second-order valence-corrected chi connectivity index (χ2v) is 5.04. The lowest BCUT2D eigenvalue weighted by atomic mass is 9.84. The van der Waals surface area contributed by atoms with Crippen LogP contribution in [0.3, 0.4) is 0 Å². The molecule has 3 unspecified atom stereocenters. The monoisotopic (exact) mass is 214 g/mol. The summed E-state index contributed by atoms with van der Waals surface area (Å²) in [6.07, 6.45) is 5.38. The van der Waals surface area contributed by atoms with Crippen LogP contribution in [0.15, 0.2) is 0 Å². The molecule has 1 aliphatic rings. The van der Waals surface area contributed by atoms with Crippen LogP contribution in [0.4, 0.5) is 0 Å². The fourth-order valence-corrected chi connectivity index (χ4v) is 2.56. The van der Waals surface area contributed by atoms with Gasteiger partial charge in [-0.1, -0.05) is 32.0 Å². The van der Waals surface area contributed by atoms with Crippen LogP contribution in [0.1, 0.15) is 39.5 Å². The lowest BCUT2D eigenvalue weighted by Crippen LogP contribution is -2.48. The highest BCUT2D eigenvalue weighted by Crippen LogP contribution is 2.28. The Morgan fingerprint density at radius 2 is 2.00 bits per heavy atom. The van der Waals surface area contributed by atoms with Crippen molar-refractivity contribution in [1.82, 2.24) is 4.90 Å². The Morgan fingerprint density at radius 1 is 1.43 bits per heavy atom. The van der Waals surface area contributed by atoms with E-state index < -0.39 is 0 Å². The lowest BCUT2D eigenvalue weighted by molar-refractivity contribution is 0.128. The van der Waals surface area contributed by atoms with Gasteiger partial charge in [-0.25, -0.2) is 0 Å². The number of rotatable bonds is 3. The van der Waals surface area contributed by atoms with Crippen LogP contribution in [0.2, 0.25) is 0 Å². The number of thiocarbonyl (C=S) groups is 1. The average molecular weight is 214 g/mol. The molecule has 0 aromatic rings. The van der Waals surface area contributed by atoms with Crippen molar-refractivity contribution in [2.75, 3.05) is 7.05 Å². The lowest BCUT2D eigenvalue weighted by Gasteiger charge is -2.39. The fraction of sp³-hybridized carbons (Fsp3) is 0.909. The Balaban J connectivity index is 2.57. The molecule has 0 aromatic heterocycles. The van der Waals surface area contributed by atoms with Gasteiger partial charge in [-0.15, -0.1) is 0 Å². The van der Waals surface area contributed by atoms with Gasteiger partial charge in [0.1, 0.15) is 0 Å². The molecule has 1 aliphatic carbocycles. The summed E-state index contributed by atoms with van der Waals surface area (Å²) in [5.74, 6) is 0.783. The molecule has 0 heterocycles. The molecule has 1 rings (SSSR count). The minimum atomic E-state index is 0.232. The van der Waals surface area contributed by atoms with E-state index in [4.69, 9.17) is 18.0 Å². The van der Waals surface area contributed by atoms with Gasteiger partial charge < -0.3 is 5.73 Å². The number of hydrogen-bond acceptors (Lipinski definition) is 2. The summed E-state index contributed by atoms with van der Waals surface area (Å²) in [7, 11) is 2.15. The maximum atomic E-state index is 5.68. The van der Waals surface area contributed by atoms with Gasteiger partial charge in [0.15, 0.2) is 0 Å². The molecule has 0 bridgehead atoms. The fourth-order valence-electron chi connectivity index (χ4n) is 2.39.